The maximum absolute atomic E-state index is 12.4. The summed E-state index contributed by atoms with van der Waals surface area (Å²) in [5.74, 6) is -0.303. The van der Waals surface area contributed by atoms with E-state index in [9.17, 15) is 14.4 Å². The van der Waals surface area contributed by atoms with Gasteiger partial charge in [0, 0.05) is 13.1 Å². The van der Waals surface area contributed by atoms with Gasteiger partial charge in [-0.25, -0.2) is 4.79 Å². The molecule has 1 aromatic rings. The summed E-state index contributed by atoms with van der Waals surface area (Å²) in [7, 11) is 0. The summed E-state index contributed by atoms with van der Waals surface area (Å²) in [5.41, 5.74) is 0.207. The molecule has 0 saturated carbocycles. The molecule has 2 aliphatic rings. The summed E-state index contributed by atoms with van der Waals surface area (Å²) in [6.07, 6.45) is 0.893. The van der Waals surface area contributed by atoms with E-state index in [0.29, 0.717) is 30.8 Å². The van der Waals surface area contributed by atoms with E-state index in [1.165, 1.54) is 11.3 Å². The van der Waals surface area contributed by atoms with Crippen molar-refractivity contribution in [1.29, 1.82) is 0 Å². The molecule has 2 N–H and O–H groups in total. The molecule has 112 valence electrons. The zero-order valence-electron chi connectivity index (χ0n) is 11.4. The second-order valence-electron chi connectivity index (χ2n) is 5.35. The molecular formula is C13H14BrN3O3S. The number of urea groups is 1. The maximum atomic E-state index is 12.4. The quantitative estimate of drug-likeness (QED) is 0.736. The molecule has 0 atom stereocenters. The standard InChI is InChI=1S/C13H14BrN3O3S/c1-7-6-8(21-9(7)14)10(18)17-4-2-13(3-5-17)11(19)15-12(20)16-13/h6H,2-5H2,1H3,(H2,15,16,19,20). The van der Waals surface area contributed by atoms with Crippen LogP contribution in [-0.2, 0) is 4.79 Å². The third-order valence-corrected chi connectivity index (χ3v) is 6.11. The van der Waals surface area contributed by atoms with Crippen LogP contribution in [0.3, 0.4) is 0 Å². The number of carbonyl (C=O) groups is 3. The van der Waals surface area contributed by atoms with Crippen LogP contribution in [0.15, 0.2) is 9.85 Å². The zero-order chi connectivity index (χ0) is 15.2. The fraction of sp³-hybridized carbons (Fsp3) is 0.462. The number of thiophene rings is 1. The van der Waals surface area contributed by atoms with E-state index < -0.39 is 11.6 Å². The number of aryl methyl sites for hydroxylation is 1. The first-order valence-corrected chi connectivity index (χ1v) is 8.21. The molecule has 6 nitrogen and oxygen atoms in total. The van der Waals surface area contributed by atoms with Crippen LogP contribution >= 0.6 is 27.3 Å². The van der Waals surface area contributed by atoms with E-state index in [1.54, 1.807) is 4.90 Å². The molecule has 0 aromatic carbocycles. The van der Waals surface area contributed by atoms with E-state index in [1.807, 2.05) is 13.0 Å². The van der Waals surface area contributed by atoms with E-state index in [4.69, 9.17) is 0 Å². The lowest BCUT2D eigenvalue weighted by atomic mass is 9.87. The number of amides is 4. The molecule has 21 heavy (non-hydrogen) atoms. The van der Waals surface area contributed by atoms with Gasteiger partial charge in [0.05, 0.1) is 8.66 Å². The Morgan fingerprint density at radius 2 is 2.05 bits per heavy atom. The van der Waals surface area contributed by atoms with Gasteiger partial charge in [-0.2, -0.15) is 0 Å². The summed E-state index contributed by atoms with van der Waals surface area (Å²) in [6.45, 7) is 2.86. The lowest BCUT2D eigenvalue weighted by Crippen LogP contribution is -2.55. The largest absolute Gasteiger partial charge is 0.338 e. The second-order valence-corrected chi connectivity index (χ2v) is 7.72. The van der Waals surface area contributed by atoms with Gasteiger partial charge in [-0.1, -0.05) is 0 Å². The lowest BCUT2D eigenvalue weighted by molar-refractivity contribution is -0.125. The third kappa shape index (κ3) is 2.46. The van der Waals surface area contributed by atoms with Crippen molar-refractivity contribution >= 4 is 45.1 Å². The highest BCUT2D eigenvalue weighted by Crippen LogP contribution is 2.30. The predicted octanol–water partition coefficient (Wildman–Crippen LogP) is 1.63. The molecule has 0 bridgehead atoms. The number of hydrogen-bond acceptors (Lipinski definition) is 4. The van der Waals surface area contributed by atoms with Crippen LogP contribution in [-0.4, -0.2) is 41.4 Å². The summed E-state index contributed by atoms with van der Waals surface area (Å²) in [5, 5.41) is 4.96. The summed E-state index contributed by atoms with van der Waals surface area (Å²) in [4.78, 5) is 38.0. The van der Waals surface area contributed by atoms with Crippen molar-refractivity contribution in [2.45, 2.75) is 25.3 Å². The molecular weight excluding hydrogens is 358 g/mol. The van der Waals surface area contributed by atoms with E-state index in [-0.39, 0.29) is 11.8 Å². The van der Waals surface area contributed by atoms with Crippen molar-refractivity contribution in [2.24, 2.45) is 0 Å². The highest BCUT2D eigenvalue weighted by Gasteiger charge is 2.48. The molecule has 0 unspecified atom stereocenters. The monoisotopic (exact) mass is 371 g/mol. The first kappa shape index (κ1) is 14.5. The molecule has 3 rings (SSSR count). The van der Waals surface area contributed by atoms with Gasteiger partial charge in [0.1, 0.15) is 5.54 Å². The highest BCUT2D eigenvalue weighted by atomic mass is 79.9. The van der Waals surface area contributed by atoms with Gasteiger partial charge < -0.3 is 10.2 Å². The number of nitrogens with zero attached hydrogens (tertiary/aromatic N) is 1. The van der Waals surface area contributed by atoms with Crippen LogP contribution in [0, 0.1) is 6.92 Å². The molecule has 2 saturated heterocycles. The van der Waals surface area contributed by atoms with Crippen molar-refractivity contribution in [2.75, 3.05) is 13.1 Å². The number of halogens is 1. The Balaban J connectivity index is 1.70. The van der Waals surface area contributed by atoms with Crippen molar-refractivity contribution in [3.8, 4) is 0 Å². The molecule has 2 fully saturated rings. The van der Waals surface area contributed by atoms with Gasteiger partial charge >= 0.3 is 6.03 Å². The number of hydrogen-bond donors (Lipinski definition) is 2. The third-order valence-electron chi connectivity index (χ3n) is 3.99. The summed E-state index contributed by atoms with van der Waals surface area (Å²) >= 11 is 4.84. The second kappa shape index (κ2) is 5.10. The van der Waals surface area contributed by atoms with Crippen LogP contribution in [0.2, 0.25) is 0 Å². The molecule has 3 heterocycles. The molecule has 2 aliphatic heterocycles. The number of carbonyl (C=O) groups excluding carboxylic acids is 3. The average Bonchev–Trinajstić information content (AvgIpc) is 2.91. The Bertz CT molecular complexity index is 615. The van der Waals surface area contributed by atoms with Crippen molar-refractivity contribution in [3.05, 3.63) is 20.3 Å². The minimum Gasteiger partial charge on any atom is -0.338 e. The van der Waals surface area contributed by atoms with Crippen LogP contribution in [0.25, 0.3) is 0 Å². The first-order valence-electron chi connectivity index (χ1n) is 6.60. The molecule has 0 radical (unpaired) electrons. The van der Waals surface area contributed by atoms with Gasteiger partial charge in [-0.05, 0) is 47.3 Å². The first-order chi connectivity index (χ1) is 9.91. The van der Waals surface area contributed by atoms with Crippen molar-refractivity contribution < 1.29 is 14.4 Å². The Hall–Kier alpha value is -1.41. The predicted molar refractivity (Wildman–Crippen MR) is 81.3 cm³/mol. The van der Waals surface area contributed by atoms with Crippen LogP contribution in [0.4, 0.5) is 4.79 Å². The summed E-state index contributed by atoms with van der Waals surface area (Å²) < 4.78 is 0.960. The Labute approximate surface area is 134 Å². The fourth-order valence-corrected chi connectivity index (χ4v) is 4.20. The van der Waals surface area contributed by atoms with Gasteiger partial charge in [0.25, 0.3) is 11.8 Å². The number of rotatable bonds is 1. The van der Waals surface area contributed by atoms with E-state index >= 15 is 0 Å². The Kier molecular flexibility index (Phi) is 3.53. The summed E-state index contributed by atoms with van der Waals surface area (Å²) in [6, 6.07) is 1.42. The molecule has 8 heteroatoms. The van der Waals surface area contributed by atoms with Crippen molar-refractivity contribution in [1.82, 2.24) is 15.5 Å². The number of imide groups is 1. The van der Waals surface area contributed by atoms with Crippen LogP contribution in [0.5, 0.6) is 0 Å². The Morgan fingerprint density at radius 3 is 2.52 bits per heavy atom. The SMILES string of the molecule is Cc1cc(C(=O)N2CCC3(CC2)NC(=O)NC3=O)sc1Br. The highest BCUT2D eigenvalue weighted by molar-refractivity contribution is 9.11. The molecule has 1 spiro atoms. The number of nitrogens with one attached hydrogen (secondary N) is 2. The zero-order valence-corrected chi connectivity index (χ0v) is 13.8. The molecule has 1 aromatic heterocycles. The smallest absolute Gasteiger partial charge is 0.322 e. The normalized spacial score (nSPS) is 20.6. The fourth-order valence-electron chi connectivity index (χ4n) is 2.69. The van der Waals surface area contributed by atoms with Gasteiger partial charge in [0.15, 0.2) is 0 Å². The van der Waals surface area contributed by atoms with E-state index in [2.05, 4.69) is 26.6 Å². The van der Waals surface area contributed by atoms with Crippen molar-refractivity contribution in [3.63, 3.8) is 0 Å². The minimum absolute atomic E-state index is 0.0200. The van der Waals surface area contributed by atoms with Gasteiger partial charge in [0.2, 0.25) is 0 Å². The van der Waals surface area contributed by atoms with E-state index in [0.717, 1.165) is 9.35 Å². The lowest BCUT2D eigenvalue weighted by Gasteiger charge is -2.36. The number of piperidine rings is 1. The minimum atomic E-state index is -0.834. The van der Waals surface area contributed by atoms with Crippen LogP contribution in [0.1, 0.15) is 28.1 Å². The van der Waals surface area contributed by atoms with Gasteiger partial charge in [-0.15, -0.1) is 11.3 Å². The topological polar surface area (TPSA) is 78.5 Å². The number of likely N-dealkylation sites (tertiary alicyclic amines) is 1. The van der Waals surface area contributed by atoms with Gasteiger partial charge in [-0.3, -0.25) is 14.9 Å². The van der Waals surface area contributed by atoms with Crippen LogP contribution < -0.4 is 10.6 Å². The Morgan fingerprint density at radius 1 is 1.38 bits per heavy atom. The maximum Gasteiger partial charge on any atom is 0.322 e. The average molecular weight is 372 g/mol. The molecule has 0 aliphatic carbocycles. The molecule has 4 amide bonds.